The Kier molecular flexibility index (Phi) is 7.02. The number of carbonyl (C=O) groups is 3. The lowest BCUT2D eigenvalue weighted by atomic mass is 9.96. The average Bonchev–Trinajstić information content (AvgIpc) is 3.54. The predicted molar refractivity (Wildman–Crippen MR) is 149 cm³/mol. The molecule has 1 aliphatic rings. The Balaban J connectivity index is 1.73. The van der Waals surface area contributed by atoms with E-state index in [0.717, 1.165) is 16.2 Å². The van der Waals surface area contributed by atoms with Crippen molar-refractivity contribution in [1.82, 2.24) is 14.4 Å². The number of benzene rings is 1. The topological polar surface area (TPSA) is 114 Å². The van der Waals surface area contributed by atoms with Crippen molar-refractivity contribution in [2.75, 3.05) is 11.5 Å². The van der Waals surface area contributed by atoms with Crippen molar-refractivity contribution in [2.45, 2.75) is 19.9 Å². The van der Waals surface area contributed by atoms with Gasteiger partial charge in [-0.15, -0.1) is 0 Å². The summed E-state index contributed by atoms with van der Waals surface area (Å²) in [4.78, 5) is 49.8. The highest BCUT2D eigenvalue weighted by Crippen LogP contribution is 2.45. The number of hydrogen-bond acceptors (Lipinski definition) is 8. The number of esters is 1. The molecule has 1 aromatic carbocycles. The Bertz CT molecular complexity index is 1720. The summed E-state index contributed by atoms with van der Waals surface area (Å²) >= 11 is 13.4. The number of thiazole rings is 1. The number of hydrogen-bond donors (Lipinski definition) is 1. The van der Waals surface area contributed by atoms with E-state index in [1.165, 1.54) is 18.2 Å². The minimum Gasteiger partial charge on any atom is -0.505 e. The van der Waals surface area contributed by atoms with Crippen LogP contribution in [-0.2, 0) is 14.3 Å². The van der Waals surface area contributed by atoms with Gasteiger partial charge in [0.05, 0.1) is 33.0 Å². The van der Waals surface area contributed by atoms with E-state index in [9.17, 15) is 19.5 Å². The maximum atomic E-state index is 13.6. The van der Waals surface area contributed by atoms with E-state index in [0.29, 0.717) is 22.6 Å². The zero-order valence-corrected chi connectivity index (χ0v) is 23.0. The Morgan fingerprint density at radius 2 is 1.92 bits per heavy atom. The smallest absolute Gasteiger partial charge is 0.350 e. The number of carbonyl (C=O) groups excluding carboxylic acids is 3. The van der Waals surface area contributed by atoms with Crippen LogP contribution in [0.4, 0.5) is 5.13 Å². The van der Waals surface area contributed by atoms with Crippen LogP contribution in [0.5, 0.6) is 0 Å². The number of aliphatic hydroxyl groups is 1. The van der Waals surface area contributed by atoms with Crippen LogP contribution in [0.2, 0.25) is 10.0 Å². The Morgan fingerprint density at radius 1 is 1.15 bits per heavy atom. The first-order valence-corrected chi connectivity index (χ1v) is 13.2. The molecule has 0 spiro atoms. The largest absolute Gasteiger partial charge is 0.505 e. The third-order valence-electron chi connectivity index (χ3n) is 6.14. The summed E-state index contributed by atoms with van der Waals surface area (Å²) in [5, 5.41) is 12.1. The van der Waals surface area contributed by atoms with E-state index in [1.54, 1.807) is 48.7 Å². The molecule has 39 heavy (non-hydrogen) atoms. The van der Waals surface area contributed by atoms with Crippen molar-refractivity contribution in [1.29, 1.82) is 0 Å². The molecule has 0 aliphatic carbocycles. The molecule has 9 nitrogen and oxygen atoms in total. The molecule has 4 heterocycles. The van der Waals surface area contributed by atoms with Gasteiger partial charge in [0.2, 0.25) is 0 Å². The normalized spacial score (nSPS) is 16.7. The number of Topliss-reactive ketones (excluding diaryl/α,β-unsaturated/α-hetero) is 1. The molecule has 4 aromatic rings. The minimum atomic E-state index is -1.13. The van der Waals surface area contributed by atoms with Gasteiger partial charge >= 0.3 is 11.9 Å². The van der Waals surface area contributed by atoms with Crippen molar-refractivity contribution < 1.29 is 24.2 Å². The zero-order chi connectivity index (χ0) is 28.0. The van der Waals surface area contributed by atoms with Crippen LogP contribution in [0.1, 0.15) is 38.4 Å². The summed E-state index contributed by atoms with van der Waals surface area (Å²) in [6.07, 6.45) is 3.13. The molecule has 1 saturated heterocycles. The number of halogens is 2. The molecule has 12 heteroatoms. The summed E-state index contributed by atoms with van der Waals surface area (Å²) in [6.45, 7) is 6.81. The predicted octanol–water partition coefficient (Wildman–Crippen LogP) is 5.68. The van der Waals surface area contributed by atoms with Crippen LogP contribution < -0.4 is 4.90 Å². The molecule has 1 fully saturated rings. The second-order valence-corrected chi connectivity index (χ2v) is 10.4. The number of amides is 1. The van der Waals surface area contributed by atoms with Crippen molar-refractivity contribution in [3.8, 4) is 0 Å². The lowest BCUT2D eigenvalue weighted by Crippen LogP contribution is -2.29. The molecular formula is C27H20Cl2N4O5S. The third kappa shape index (κ3) is 4.50. The maximum absolute atomic E-state index is 13.6. The van der Waals surface area contributed by atoms with Crippen molar-refractivity contribution in [2.24, 2.45) is 0 Å². The van der Waals surface area contributed by atoms with Gasteiger partial charge in [0.15, 0.2) is 10.9 Å². The summed E-state index contributed by atoms with van der Waals surface area (Å²) in [7, 11) is 0. The Morgan fingerprint density at radius 3 is 2.64 bits per heavy atom. The highest BCUT2D eigenvalue weighted by atomic mass is 35.5. The van der Waals surface area contributed by atoms with E-state index >= 15 is 0 Å². The van der Waals surface area contributed by atoms with Gasteiger partial charge in [0.25, 0.3) is 5.78 Å². The van der Waals surface area contributed by atoms with Gasteiger partial charge in [-0.3, -0.25) is 18.9 Å². The van der Waals surface area contributed by atoms with Crippen LogP contribution in [0.25, 0.3) is 11.4 Å². The minimum absolute atomic E-state index is 0.00203. The van der Waals surface area contributed by atoms with Gasteiger partial charge in [-0.2, -0.15) is 0 Å². The second kappa shape index (κ2) is 10.3. The molecule has 0 radical (unpaired) electrons. The molecule has 1 amide bonds. The molecule has 1 atom stereocenters. The fourth-order valence-electron chi connectivity index (χ4n) is 4.43. The molecule has 198 valence electrons. The van der Waals surface area contributed by atoms with Gasteiger partial charge < -0.3 is 9.84 Å². The number of ketones is 1. The van der Waals surface area contributed by atoms with Crippen LogP contribution in [0.3, 0.4) is 0 Å². The van der Waals surface area contributed by atoms with Crippen LogP contribution in [-0.4, -0.2) is 43.7 Å². The summed E-state index contributed by atoms with van der Waals surface area (Å²) < 4.78 is 6.77. The average molecular weight is 583 g/mol. The number of ether oxygens (including phenoxy) is 1. The number of pyridine rings is 1. The first-order chi connectivity index (χ1) is 18.6. The summed E-state index contributed by atoms with van der Waals surface area (Å²) in [5.74, 6) is -2.92. The zero-order valence-electron chi connectivity index (χ0n) is 20.6. The standard InChI is InChI=1S/C27H20Cl2N4O5S/c1-4-11-38-26(37)24-14(3)31-27(39-24)33-21(15-8-9-16(28)17(29)12-15)19(23(35)25(33)36)22(34)20-13(2)30-18-7-5-6-10-32(18)20/h4-10,12,21,34H,1,11H2,2-3H3/b22-19+. The Labute approximate surface area is 236 Å². The quantitative estimate of drug-likeness (QED) is 0.102. The lowest BCUT2D eigenvalue weighted by molar-refractivity contribution is -0.132. The van der Waals surface area contributed by atoms with Crippen LogP contribution in [0.15, 0.2) is 60.8 Å². The molecule has 3 aromatic heterocycles. The molecule has 5 rings (SSSR count). The molecular weight excluding hydrogens is 563 g/mol. The van der Waals surface area contributed by atoms with Gasteiger partial charge in [0, 0.05) is 6.20 Å². The van der Waals surface area contributed by atoms with Gasteiger partial charge in [-0.25, -0.2) is 14.8 Å². The molecule has 1 unspecified atom stereocenters. The number of imidazole rings is 1. The maximum Gasteiger partial charge on any atom is 0.350 e. The third-order valence-corrected chi connectivity index (χ3v) is 8.02. The van der Waals surface area contributed by atoms with E-state index in [4.69, 9.17) is 27.9 Å². The van der Waals surface area contributed by atoms with Gasteiger partial charge in [0.1, 0.15) is 22.8 Å². The molecule has 0 bridgehead atoms. The number of aromatic nitrogens is 3. The Hall–Kier alpha value is -3.99. The van der Waals surface area contributed by atoms with Crippen LogP contribution in [0, 0.1) is 13.8 Å². The molecule has 0 saturated carbocycles. The van der Waals surface area contributed by atoms with E-state index in [-0.39, 0.29) is 37.9 Å². The SMILES string of the molecule is C=CCOC(=O)c1sc(N2C(=O)C(=O)/C(=C(/O)c3c(C)nc4ccccn34)C2c2ccc(Cl)c(Cl)c2)nc1C. The van der Waals surface area contributed by atoms with Crippen molar-refractivity contribution in [3.63, 3.8) is 0 Å². The first-order valence-electron chi connectivity index (χ1n) is 11.6. The number of anilines is 1. The number of rotatable bonds is 6. The molecule has 1 aliphatic heterocycles. The fraction of sp³-hybridized carbons (Fsp3) is 0.148. The highest BCUT2D eigenvalue weighted by Gasteiger charge is 2.49. The van der Waals surface area contributed by atoms with Crippen molar-refractivity contribution >= 4 is 68.7 Å². The number of aliphatic hydroxyl groups excluding tert-OH is 1. The first kappa shape index (κ1) is 26.6. The summed E-state index contributed by atoms with van der Waals surface area (Å²) in [6, 6.07) is 8.83. The van der Waals surface area contributed by atoms with E-state index in [1.807, 2.05) is 0 Å². The number of nitrogens with zero attached hydrogens (tertiary/aromatic N) is 4. The summed E-state index contributed by atoms with van der Waals surface area (Å²) in [5.41, 5.74) is 1.80. The molecule has 1 N–H and O–H groups in total. The van der Waals surface area contributed by atoms with Crippen molar-refractivity contribution in [3.05, 3.63) is 98.4 Å². The van der Waals surface area contributed by atoms with Crippen LogP contribution >= 0.6 is 34.5 Å². The highest BCUT2D eigenvalue weighted by molar-refractivity contribution is 7.17. The van der Waals surface area contributed by atoms with E-state index < -0.39 is 29.5 Å². The second-order valence-electron chi connectivity index (χ2n) is 8.62. The lowest BCUT2D eigenvalue weighted by Gasteiger charge is -2.23. The number of fused-ring (bicyclic) bond motifs is 1. The monoisotopic (exact) mass is 582 g/mol. The van der Waals surface area contributed by atoms with E-state index in [2.05, 4.69) is 16.5 Å². The number of aryl methyl sites for hydroxylation is 2. The van der Waals surface area contributed by atoms with Gasteiger partial charge in [-0.05, 0) is 43.7 Å². The fourth-order valence-corrected chi connectivity index (χ4v) is 5.72. The van der Waals surface area contributed by atoms with Gasteiger partial charge in [-0.1, -0.05) is 59.3 Å².